The number of ether oxygens (including phenoxy) is 1. The van der Waals surface area contributed by atoms with Crippen molar-refractivity contribution in [1.29, 1.82) is 0 Å². The normalized spacial score (nSPS) is 25.5. The lowest BCUT2D eigenvalue weighted by atomic mass is 9.89. The second-order valence-electron chi connectivity index (χ2n) is 7.10. The fourth-order valence-corrected chi connectivity index (χ4v) is 5.80. The van der Waals surface area contributed by atoms with Gasteiger partial charge in [0, 0.05) is 12.8 Å². The maximum absolute atomic E-state index is 13.4. The van der Waals surface area contributed by atoms with Gasteiger partial charge >= 0.3 is 5.97 Å². The highest BCUT2D eigenvalue weighted by Gasteiger charge is 2.54. The van der Waals surface area contributed by atoms with E-state index < -0.39 is 20.6 Å². The van der Waals surface area contributed by atoms with Gasteiger partial charge in [0.05, 0.1) is 4.90 Å². The predicted molar refractivity (Wildman–Crippen MR) is 97.3 cm³/mol. The Morgan fingerprint density at radius 1 is 0.923 bits per heavy atom. The Kier molecular flexibility index (Phi) is 5.61. The first-order valence-electron chi connectivity index (χ1n) is 9.15. The van der Waals surface area contributed by atoms with Crippen LogP contribution in [-0.4, -0.2) is 31.5 Å². The van der Waals surface area contributed by atoms with E-state index in [1.54, 1.807) is 18.2 Å². The van der Waals surface area contributed by atoms with E-state index in [-0.39, 0.29) is 30.1 Å². The molecule has 1 aromatic rings. The van der Waals surface area contributed by atoms with Gasteiger partial charge in [-0.3, -0.25) is 9.59 Å². The SMILES string of the molecule is O=C1C=C2COC(=O)C(S(=O)(=O)c3ccccc3)(CCCCCCC1)C2. The van der Waals surface area contributed by atoms with Crippen molar-refractivity contribution in [3.05, 3.63) is 42.0 Å². The van der Waals surface area contributed by atoms with Crippen LogP contribution < -0.4 is 0 Å². The van der Waals surface area contributed by atoms with E-state index in [1.165, 1.54) is 18.2 Å². The molecule has 1 fully saturated rings. The minimum atomic E-state index is -3.94. The van der Waals surface area contributed by atoms with Crippen LogP contribution in [0.4, 0.5) is 0 Å². The van der Waals surface area contributed by atoms with E-state index in [0.717, 1.165) is 25.7 Å². The first kappa shape index (κ1) is 18.8. The zero-order chi connectivity index (χ0) is 18.6. The summed E-state index contributed by atoms with van der Waals surface area (Å²) in [5, 5.41) is 0. The van der Waals surface area contributed by atoms with Gasteiger partial charge in [-0.15, -0.1) is 0 Å². The molecule has 1 heterocycles. The van der Waals surface area contributed by atoms with Crippen molar-refractivity contribution in [3.8, 4) is 0 Å². The van der Waals surface area contributed by atoms with Crippen molar-refractivity contribution >= 4 is 21.6 Å². The lowest BCUT2D eigenvalue weighted by Crippen LogP contribution is -2.51. The molecule has 26 heavy (non-hydrogen) atoms. The fourth-order valence-electron chi connectivity index (χ4n) is 3.77. The Morgan fingerprint density at radius 3 is 2.38 bits per heavy atom. The minimum absolute atomic E-state index is 0.00334. The third-order valence-electron chi connectivity index (χ3n) is 5.21. The number of fused-ring (bicyclic) bond motifs is 2. The van der Waals surface area contributed by atoms with Gasteiger partial charge in [-0.25, -0.2) is 8.42 Å². The third-order valence-corrected chi connectivity index (χ3v) is 7.65. The van der Waals surface area contributed by atoms with Crippen molar-refractivity contribution in [3.63, 3.8) is 0 Å². The summed E-state index contributed by atoms with van der Waals surface area (Å²) in [4.78, 5) is 25.0. The Hall–Kier alpha value is -1.95. The number of rotatable bonds is 2. The second kappa shape index (κ2) is 7.74. The van der Waals surface area contributed by atoms with Crippen molar-refractivity contribution in [1.82, 2.24) is 0 Å². The summed E-state index contributed by atoms with van der Waals surface area (Å²) >= 11 is 0. The lowest BCUT2D eigenvalue weighted by Gasteiger charge is -2.36. The molecule has 140 valence electrons. The molecular formula is C20H24O5S. The van der Waals surface area contributed by atoms with E-state index in [2.05, 4.69) is 0 Å². The smallest absolute Gasteiger partial charge is 0.328 e. The molecule has 1 aliphatic carbocycles. The van der Waals surface area contributed by atoms with Crippen LogP contribution in [0, 0.1) is 0 Å². The molecule has 1 aliphatic heterocycles. The summed E-state index contributed by atoms with van der Waals surface area (Å²) in [6.45, 7) is -0.00334. The largest absolute Gasteiger partial charge is 0.460 e. The van der Waals surface area contributed by atoms with Crippen LogP contribution in [0.15, 0.2) is 46.9 Å². The Balaban J connectivity index is 2.07. The van der Waals surface area contributed by atoms with Gasteiger partial charge in [0.2, 0.25) is 0 Å². The van der Waals surface area contributed by atoms with Gasteiger partial charge < -0.3 is 4.74 Å². The third kappa shape index (κ3) is 3.61. The van der Waals surface area contributed by atoms with E-state index in [1.807, 2.05) is 0 Å². The number of hydrogen-bond acceptors (Lipinski definition) is 5. The highest BCUT2D eigenvalue weighted by atomic mass is 32.2. The van der Waals surface area contributed by atoms with Crippen molar-refractivity contribution in [2.75, 3.05) is 6.61 Å². The molecule has 0 radical (unpaired) electrons. The molecule has 6 heteroatoms. The van der Waals surface area contributed by atoms with Crippen LogP contribution in [0.5, 0.6) is 0 Å². The summed E-state index contributed by atoms with van der Waals surface area (Å²) in [7, 11) is -3.94. The predicted octanol–water partition coefficient (Wildman–Crippen LogP) is 3.39. The molecular weight excluding hydrogens is 352 g/mol. The summed E-state index contributed by atoms with van der Waals surface area (Å²) in [5.41, 5.74) is 0.592. The maximum atomic E-state index is 13.4. The van der Waals surface area contributed by atoms with Crippen LogP contribution in [0.3, 0.4) is 0 Å². The highest BCUT2D eigenvalue weighted by Crippen LogP contribution is 2.40. The Bertz CT molecular complexity index is 810. The van der Waals surface area contributed by atoms with Crippen molar-refractivity contribution in [2.45, 2.75) is 61.0 Å². The summed E-state index contributed by atoms with van der Waals surface area (Å²) in [6.07, 6.45) is 6.39. The molecule has 0 spiro atoms. The monoisotopic (exact) mass is 376 g/mol. The van der Waals surface area contributed by atoms with Crippen molar-refractivity contribution < 1.29 is 22.7 Å². The molecule has 1 atom stereocenters. The number of sulfone groups is 1. The number of cyclic esters (lactones) is 1. The van der Waals surface area contributed by atoms with Gasteiger partial charge in [-0.1, -0.05) is 43.9 Å². The minimum Gasteiger partial charge on any atom is -0.460 e. The van der Waals surface area contributed by atoms with Crippen LogP contribution in [0.1, 0.15) is 51.4 Å². The molecule has 1 aromatic carbocycles. The zero-order valence-corrected chi connectivity index (χ0v) is 15.6. The van der Waals surface area contributed by atoms with Crippen LogP contribution in [0.2, 0.25) is 0 Å². The van der Waals surface area contributed by atoms with Gasteiger partial charge in [0.1, 0.15) is 6.61 Å². The quantitative estimate of drug-likeness (QED) is 0.740. The number of allylic oxidation sites excluding steroid dienone is 1. The fraction of sp³-hybridized carbons (Fsp3) is 0.500. The van der Waals surface area contributed by atoms with E-state index >= 15 is 0 Å². The summed E-state index contributed by atoms with van der Waals surface area (Å²) in [5.74, 6) is -0.715. The standard InChI is InChI=1S/C20H24O5S/c21-17-9-5-2-1-3-8-12-20(14-16(13-17)15-25-19(20)22)26(23,24)18-10-6-4-7-11-18/h4,6-7,10-11,13H,1-3,5,8-9,12,14-15H2. The van der Waals surface area contributed by atoms with E-state index in [9.17, 15) is 18.0 Å². The Morgan fingerprint density at radius 2 is 1.62 bits per heavy atom. The van der Waals surface area contributed by atoms with E-state index in [4.69, 9.17) is 4.74 Å². The van der Waals surface area contributed by atoms with Gasteiger partial charge in [-0.05, 0) is 36.6 Å². The highest BCUT2D eigenvalue weighted by molar-refractivity contribution is 7.93. The average molecular weight is 376 g/mol. The molecule has 0 aromatic heterocycles. The number of benzene rings is 1. The molecule has 1 saturated heterocycles. The molecule has 3 rings (SSSR count). The molecule has 0 N–H and O–H groups in total. The Labute approximate surface area is 154 Å². The number of hydrogen-bond donors (Lipinski definition) is 0. The van der Waals surface area contributed by atoms with Crippen LogP contribution in [0.25, 0.3) is 0 Å². The zero-order valence-electron chi connectivity index (χ0n) is 14.8. The molecule has 1 unspecified atom stereocenters. The second-order valence-corrected chi connectivity index (χ2v) is 9.36. The van der Waals surface area contributed by atoms with Crippen LogP contribution >= 0.6 is 0 Å². The van der Waals surface area contributed by atoms with Crippen LogP contribution in [-0.2, 0) is 24.2 Å². The lowest BCUT2D eigenvalue weighted by molar-refractivity contribution is -0.148. The van der Waals surface area contributed by atoms with Gasteiger partial charge in [-0.2, -0.15) is 0 Å². The van der Waals surface area contributed by atoms with Gasteiger partial charge in [0.15, 0.2) is 20.4 Å². The summed E-state index contributed by atoms with van der Waals surface area (Å²) in [6, 6.07) is 8.05. The molecule has 2 bridgehead atoms. The number of ketones is 1. The number of carbonyl (C=O) groups is 2. The summed E-state index contributed by atoms with van der Waals surface area (Å²) < 4.78 is 30.5. The molecule has 0 amide bonds. The number of carbonyl (C=O) groups excluding carboxylic acids is 2. The first-order valence-corrected chi connectivity index (χ1v) is 10.6. The molecule has 0 saturated carbocycles. The maximum Gasteiger partial charge on any atom is 0.328 e. The molecule has 2 aliphatic rings. The van der Waals surface area contributed by atoms with Gasteiger partial charge in [0.25, 0.3) is 0 Å². The van der Waals surface area contributed by atoms with Crippen molar-refractivity contribution in [2.24, 2.45) is 0 Å². The topological polar surface area (TPSA) is 77.5 Å². The first-order chi connectivity index (χ1) is 12.5. The average Bonchev–Trinajstić information content (AvgIpc) is 2.63. The number of esters is 1. The van der Waals surface area contributed by atoms with E-state index in [0.29, 0.717) is 18.4 Å². The molecule has 5 nitrogen and oxygen atoms in total.